The van der Waals surface area contributed by atoms with Crippen LogP contribution in [-0.2, 0) is 4.79 Å². The van der Waals surface area contributed by atoms with Crippen LogP contribution in [0.1, 0.15) is 24.3 Å². The highest BCUT2D eigenvalue weighted by Crippen LogP contribution is 2.26. The third kappa shape index (κ3) is 4.11. The Morgan fingerprint density at radius 3 is 2.82 bits per heavy atom. The van der Waals surface area contributed by atoms with E-state index in [0.717, 1.165) is 0 Å². The van der Waals surface area contributed by atoms with Gasteiger partial charge in [-0.1, -0.05) is 6.07 Å². The number of nitrogens with zero attached hydrogens (tertiary/aromatic N) is 1. The van der Waals surface area contributed by atoms with Crippen LogP contribution in [0.3, 0.4) is 0 Å². The molecule has 2 atom stereocenters. The minimum atomic E-state index is 0.0448. The number of carbonyl (C=O) groups is 1. The van der Waals surface area contributed by atoms with Crippen molar-refractivity contribution in [3.8, 4) is 0 Å². The fourth-order valence-electron chi connectivity index (χ4n) is 1.88. The molecule has 1 rings (SSSR count). The van der Waals surface area contributed by atoms with Crippen LogP contribution in [0.25, 0.3) is 0 Å². The molecule has 3 N–H and O–H groups in total. The SMILES string of the molecule is CNC(=O)CCN(C)C(c1cccs1)C(C)N. The Labute approximate surface area is 107 Å². The minimum Gasteiger partial charge on any atom is -0.359 e. The van der Waals surface area contributed by atoms with E-state index in [9.17, 15) is 4.79 Å². The maximum absolute atomic E-state index is 11.2. The molecule has 17 heavy (non-hydrogen) atoms. The van der Waals surface area contributed by atoms with Crippen LogP contribution in [0.15, 0.2) is 17.5 Å². The maximum Gasteiger partial charge on any atom is 0.221 e. The molecular formula is C12H21N3OS. The third-order valence-electron chi connectivity index (χ3n) is 2.78. The summed E-state index contributed by atoms with van der Waals surface area (Å²) in [6.45, 7) is 2.71. The second kappa shape index (κ2) is 6.74. The quantitative estimate of drug-likeness (QED) is 0.803. The van der Waals surface area contributed by atoms with Crippen LogP contribution in [0.4, 0.5) is 0 Å². The second-order valence-corrected chi connectivity index (χ2v) is 5.20. The number of likely N-dealkylation sites (N-methyl/N-ethyl adjacent to an activating group) is 1. The molecule has 0 aromatic carbocycles. The van der Waals surface area contributed by atoms with Crippen LogP contribution in [0.5, 0.6) is 0 Å². The molecule has 0 bridgehead atoms. The summed E-state index contributed by atoms with van der Waals surface area (Å²) in [6.07, 6.45) is 0.502. The molecule has 0 saturated heterocycles. The first-order chi connectivity index (χ1) is 8.06. The van der Waals surface area contributed by atoms with E-state index in [-0.39, 0.29) is 18.0 Å². The van der Waals surface area contributed by atoms with Crippen molar-refractivity contribution in [2.24, 2.45) is 5.73 Å². The van der Waals surface area contributed by atoms with Gasteiger partial charge in [-0.15, -0.1) is 11.3 Å². The van der Waals surface area contributed by atoms with Gasteiger partial charge < -0.3 is 11.1 Å². The molecular weight excluding hydrogens is 234 g/mol. The molecule has 5 heteroatoms. The predicted molar refractivity (Wildman–Crippen MR) is 72.0 cm³/mol. The maximum atomic E-state index is 11.2. The first kappa shape index (κ1) is 14.2. The fourth-order valence-corrected chi connectivity index (χ4v) is 2.88. The molecule has 0 radical (unpaired) electrons. The van der Waals surface area contributed by atoms with Crippen molar-refractivity contribution in [1.29, 1.82) is 0 Å². The standard InChI is InChI=1S/C12H21N3OS/c1-9(13)12(10-5-4-8-17-10)15(3)7-6-11(16)14-2/h4-5,8-9,12H,6-7,13H2,1-3H3,(H,14,16). The third-order valence-corrected chi connectivity index (χ3v) is 3.72. The number of nitrogens with one attached hydrogen (secondary N) is 1. The van der Waals surface area contributed by atoms with Crippen molar-refractivity contribution in [3.63, 3.8) is 0 Å². The van der Waals surface area contributed by atoms with Crippen LogP contribution in [0.2, 0.25) is 0 Å². The second-order valence-electron chi connectivity index (χ2n) is 4.22. The van der Waals surface area contributed by atoms with Gasteiger partial charge in [-0.05, 0) is 25.4 Å². The Kier molecular flexibility index (Phi) is 5.61. The lowest BCUT2D eigenvalue weighted by Gasteiger charge is -2.30. The highest BCUT2D eigenvalue weighted by atomic mass is 32.1. The van der Waals surface area contributed by atoms with Gasteiger partial charge in [-0.2, -0.15) is 0 Å². The van der Waals surface area contributed by atoms with Gasteiger partial charge in [0.2, 0.25) is 5.91 Å². The Bertz CT molecular complexity index is 338. The van der Waals surface area contributed by atoms with Gasteiger partial charge in [0, 0.05) is 30.9 Å². The Balaban J connectivity index is 2.62. The molecule has 1 aromatic heterocycles. The summed E-state index contributed by atoms with van der Waals surface area (Å²) >= 11 is 1.71. The number of amides is 1. The zero-order valence-corrected chi connectivity index (χ0v) is 11.5. The van der Waals surface area contributed by atoms with E-state index in [0.29, 0.717) is 13.0 Å². The zero-order chi connectivity index (χ0) is 12.8. The zero-order valence-electron chi connectivity index (χ0n) is 10.6. The van der Waals surface area contributed by atoms with Crippen LogP contribution in [-0.4, -0.2) is 37.5 Å². The molecule has 0 aliphatic carbocycles. The van der Waals surface area contributed by atoms with Crippen molar-refractivity contribution < 1.29 is 4.79 Å². The van der Waals surface area contributed by atoms with E-state index in [1.165, 1.54) is 4.88 Å². The fraction of sp³-hybridized carbons (Fsp3) is 0.583. The molecule has 0 saturated carbocycles. The molecule has 2 unspecified atom stereocenters. The van der Waals surface area contributed by atoms with Gasteiger partial charge in [0.05, 0.1) is 6.04 Å². The smallest absolute Gasteiger partial charge is 0.221 e. The van der Waals surface area contributed by atoms with E-state index < -0.39 is 0 Å². The Hall–Kier alpha value is -0.910. The topological polar surface area (TPSA) is 58.4 Å². The largest absolute Gasteiger partial charge is 0.359 e. The molecule has 0 aliphatic heterocycles. The number of carbonyl (C=O) groups excluding carboxylic acids is 1. The number of rotatable bonds is 6. The molecule has 1 heterocycles. The van der Waals surface area contributed by atoms with E-state index in [2.05, 4.69) is 21.7 Å². The number of thiophene rings is 1. The predicted octanol–water partition coefficient (Wildman–Crippen LogP) is 1.20. The van der Waals surface area contributed by atoms with E-state index in [1.807, 2.05) is 20.0 Å². The summed E-state index contributed by atoms with van der Waals surface area (Å²) in [5, 5.41) is 4.68. The lowest BCUT2D eigenvalue weighted by molar-refractivity contribution is -0.121. The summed E-state index contributed by atoms with van der Waals surface area (Å²) in [7, 11) is 3.67. The minimum absolute atomic E-state index is 0.0448. The summed E-state index contributed by atoms with van der Waals surface area (Å²) in [6, 6.07) is 4.35. The first-order valence-corrected chi connectivity index (χ1v) is 6.64. The summed E-state index contributed by atoms with van der Waals surface area (Å²) in [5.74, 6) is 0.0615. The van der Waals surface area contributed by atoms with Gasteiger partial charge in [-0.3, -0.25) is 9.69 Å². The summed E-state index contributed by atoms with van der Waals surface area (Å²) in [5.41, 5.74) is 6.03. The van der Waals surface area contributed by atoms with Crippen LogP contribution < -0.4 is 11.1 Å². The Morgan fingerprint density at radius 1 is 1.65 bits per heavy atom. The molecule has 4 nitrogen and oxygen atoms in total. The van der Waals surface area contributed by atoms with Crippen LogP contribution in [0, 0.1) is 0 Å². The highest BCUT2D eigenvalue weighted by Gasteiger charge is 2.22. The normalized spacial score (nSPS) is 14.6. The van der Waals surface area contributed by atoms with E-state index >= 15 is 0 Å². The molecule has 96 valence electrons. The average Bonchev–Trinajstić information content (AvgIpc) is 2.79. The van der Waals surface area contributed by atoms with Gasteiger partial charge in [-0.25, -0.2) is 0 Å². The molecule has 0 fully saturated rings. The summed E-state index contributed by atoms with van der Waals surface area (Å²) < 4.78 is 0. The van der Waals surface area contributed by atoms with Crippen LogP contribution >= 0.6 is 11.3 Å². The molecule has 1 aromatic rings. The van der Waals surface area contributed by atoms with Gasteiger partial charge in [0.1, 0.15) is 0 Å². The van der Waals surface area contributed by atoms with Crippen molar-refractivity contribution in [1.82, 2.24) is 10.2 Å². The van der Waals surface area contributed by atoms with Gasteiger partial charge in [0.25, 0.3) is 0 Å². The molecule has 0 aliphatic rings. The van der Waals surface area contributed by atoms with Crippen molar-refractivity contribution in [2.45, 2.75) is 25.4 Å². The monoisotopic (exact) mass is 255 g/mol. The average molecular weight is 255 g/mol. The Morgan fingerprint density at radius 2 is 2.35 bits per heavy atom. The first-order valence-electron chi connectivity index (χ1n) is 5.76. The number of nitrogens with two attached hydrogens (primary N) is 1. The lowest BCUT2D eigenvalue weighted by atomic mass is 10.1. The highest BCUT2D eigenvalue weighted by molar-refractivity contribution is 7.10. The van der Waals surface area contributed by atoms with Crippen molar-refractivity contribution in [3.05, 3.63) is 22.4 Å². The van der Waals surface area contributed by atoms with E-state index in [4.69, 9.17) is 5.73 Å². The lowest BCUT2D eigenvalue weighted by Crippen LogP contribution is -2.38. The molecule has 1 amide bonds. The van der Waals surface area contributed by atoms with E-state index in [1.54, 1.807) is 18.4 Å². The summed E-state index contributed by atoms with van der Waals surface area (Å²) in [4.78, 5) is 14.6. The van der Waals surface area contributed by atoms with Gasteiger partial charge >= 0.3 is 0 Å². The van der Waals surface area contributed by atoms with Gasteiger partial charge in [0.15, 0.2) is 0 Å². The van der Waals surface area contributed by atoms with Crippen molar-refractivity contribution >= 4 is 17.2 Å². The number of hydrogen-bond acceptors (Lipinski definition) is 4. The molecule has 0 spiro atoms. The number of hydrogen-bond donors (Lipinski definition) is 2. The van der Waals surface area contributed by atoms with Crippen molar-refractivity contribution in [2.75, 3.05) is 20.6 Å².